The minimum Gasteiger partial charge on any atom is -0.353 e. The molecule has 0 amide bonds. The summed E-state index contributed by atoms with van der Waals surface area (Å²) >= 11 is 0. The summed E-state index contributed by atoms with van der Waals surface area (Å²) in [7, 11) is 0. The van der Waals surface area contributed by atoms with E-state index in [-0.39, 0.29) is 0 Å². The predicted octanol–water partition coefficient (Wildman–Crippen LogP) is -0.0262. The van der Waals surface area contributed by atoms with Gasteiger partial charge in [-0.05, 0) is 13.0 Å². The maximum absolute atomic E-state index is 8.83. The maximum Gasteiger partial charge on any atom is 0.224 e. The zero-order chi connectivity index (χ0) is 12.8. The third-order valence-corrected chi connectivity index (χ3v) is 2.89. The van der Waals surface area contributed by atoms with Crippen molar-refractivity contribution >= 4 is 5.95 Å². The number of hydrogen-bond donors (Lipinski definition) is 2. The van der Waals surface area contributed by atoms with Gasteiger partial charge < -0.3 is 10.6 Å². The van der Waals surface area contributed by atoms with Gasteiger partial charge in [0, 0.05) is 45.0 Å². The van der Waals surface area contributed by atoms with Crippen LogP contribution in [0.5, 0.6) is 0 Å². The van der Waals surface area contributed by atoms with Crippen LogP contribution in [0.4, 0.5) is 5.95 Å². The van der Waals surface area contributed by atoms with Crippen molar-refractivity contribution in [2.24, 2.45) is 0 Å². The van der Waals surface area contributed by atoms with Gasteiger partial charge in [-0.2, -0.15) is 5.26 Å². The van der Waals surface area contributed by atoms with Crippen LogP contribution in [0.25, 0.3) is 0 Å². The van der Waals surface area contributed by atoms with E-state index in [0.717, 1.165) is 45.0 Å². The lowest BCUT2D eigenvalue weighted by Crippen LogP contribution is -2.45. The van der Waals surface area contributed by atoms with Gasteiger partial charge in [-0.15, -0.1) is 0 Å². The molecule has 1 fully saturated rings. The average Bonchev–Trinajstić information content (AvgIpc) is 2.39. The second kappa shape index (κ2) is 6.28. The fourth-order valence-electron chi connectivity index (χ4n) is 1.97. The molecule has 2 N–H and O–H groups in total. The molecule has 96 valence electrons. The van der Waals surface area contributed by atoms with E-state index >= 15 is 0 Å². The number of aromatic nitrogens is 2. The molecule has 2 heterocycles. The smallest absolute Gasteiger partial charge is 0.224 e. The molecule has 6 nitrogen and oxygen atoms in total. The molecule has 0 radical (unpaired) electrons. The van der Waals surface area contributed by atoms with Crippen molar-refractivity contribution < 1.29 is 0 Å². The third kappa shape index (κ3) is 3.65. The Morgan fingerprint density at radius 3 is 2.94 bits per heavy atom. The van der Waals surface area contributed by atoms with Crippen molar-refractivity contribution in [3.8, 4) is 6.07 Å². The van der Waals surface area contributed by atoms with Crippen molar-refractivity contribution in [2.45, 2.75) is 6.92 Å². The molecule has 0 aliphatic carbocycles. The molecule has 1 saturated heterocycles. The van der Waals surface area contributed by atoms with E-state index in [1.54, 1.807) is 6.07 Å². The van der Waals surface area contributed by atoms with Gasteiger partial charge in [0.2, 0.25) is 5.95 Å². The monoisotopic (exact) mass is 246 g/mol. The fourth-order valence-corrected chi connectivity index (χ4v) is 1.97. The predicted molar refractivity (Wildman–Crippen MR) is 69.3 cm³/mol. The lowest BCUT2D eigenvalue weighted by molar-refractivity contribution is 0.249. The van der Waals surface area contributed by atoms with E-state index in [1.807, 2.05) is 13.0 Å². The Bertz CT molecular complexity index is 433. The molecule has 1 aliphatic heterocycles. The van der Waals surface area contributed by atoms with Crippen LogP contribution in [-0.4, -0.2) is 54.1 Å². The Morgan fingerprint density at radius 1 is 1.44 bits per heavy atom. The number of nitriles is 1. The number of piperazine rings is 1. The zero-order valence-corrected chi connectivity index (χ0v) is 10.6. The van der Waals surface area contributed by atoms with Gasteiger partial charge in [-0.25, -0.2) is 9.97 Å². The van der Waals surface area contributed by atoms with Crippen LogP contribution >= 0.6 is 0 Å². The molecule has 1 aromatic rings. The van der Waals surface area contributed by atoms with Gasteiger partial charge >= 0.3 is 0 Å². The molecular weight excluding hydrogens is 228 g/mol. The largest absolute Gasteiger partial charge is 0.353 e. The normalized spacial score (nSPS) is 16.2. The Morgan fingerprint density at radius 2 is 2.22 bits per heavy atom. The molecule has 0 atom stereocenters. The molecule has 0 bridgehead atoms. The quantitative estimate of drug-likeness (QED) is 0.777. The van der Waals surface area contributed by atoms with Gasteiger partial charge in [0.25, 0.3) is 0 Å². The van der Waals surface area contributed by atoms with Crippen LogP contribution in [0.1, 0.15) is 11.4 Å². The van der Waals surface area contributed by atoms with E-state index in [1.165, 1.54) is 0 Å². The second-order valence-corrected chi connectivity index (χ2v) is 4.35. The minimum atomic E-state index is 0.409. The van der Waals surface area contributed by atoms with Gasteiger partial charge in [0.15, 0.2) is 0 Å². The SMILES string of the molecule is Cc1cc(C#N)nc(NCCN2CCNCC2)n1. The summed E-state index contributed by atoms with van der Waals surface area (Å²) in [5.41, 5.74) is 1.22. The van der Waals surface area contributed by atoms with E-state index in [0.29, 0.717) is 11.6 Å². The molecule has 0 aromatic carbocycles. The zero-order valence-electron chi connectivity index (χ0n) is 10.6. The van der Waals surface area contributed by atoms with Crippen molar-refractivity contribution in [3.05, 3.63) is 17.5 Å². The standard InChI is InChI=1S/C12H18N6/c1-10-8-11(9-13)17-12(16-10)15-4-7-18-5-2-14-3-6-18/h8,14H,2-7H2,1H3,(H,15,16,17). The topological polar surface area (TPSA) is 76.9 Å². The summed E-state index contributed by atoms with van der Waals surface area (Å²) in [6.07, 6.45) is 0. The summed E-state index contributed by atoms with van der Waals surface area (Å²) < 4.78 is 0. The number of aryl methyl sites for hydroxylation is 1. The van der Waals surface area contributed by atoms with Gasteiger partial charge in [0.05, 0.1) is 0 Å². The Labute approximate surface area is 107 Å². The van der Waals surface area contributed by atoms with Gasteiger partial charge in [-0.1, -0.05) is 0 Å². The molecule has 1 aliphatic rings. The van der Waals surface area contributed by atoms with Crippen LogP contribution in [0.3, 0.4) is 0 Å². The Hall–Kier alpha value is -1.71. The second-order valence-electron chi connectivity index (χ2n) is 4.35. The van der Waals surface area contributed by atoms with Gasteiger partial charge in [0.1, 0.15) is 11.8 Å². The van der Waals surface area contributed by atoms with Crippen LogP contribution in [-0.2, 0) is 0 Å². The highest BCUT2D eigenvalue weighted by molar-refractivity contribution is 5.32. The lowest BCUT2D eigenvalue weighted by atomic mass is 10.3. The first-order valence-electron chi connectivity index (χ1n) is 6.20. The van der Waals surface area contributed by atoms with Gasteiger partial charge in [-0.3, -0.25) is 4.90 Å². The molecule has 0 saturated carbocycles. The summed E-state index contributed by atoms with van der Waals surface area (Å²) in [6, 6.07) is 3.72. The third-order valence-electron chi connectivity index (χ3n) is 2.89. The van der Waals surface area contributed by atoms with E-state index in [4.69, 9.17) is 5.26 Å². The average molecular weight is 246 g/mol. The summed E-state index contributed by atoms with van der Waals surface area (Å²) in [4.78, 5) is 10.8. The van der Waals surface area contributed by atoms with Crippen molar-refractivity contribution in [2.75, 3.05) is 44.6 Å². The first-order chi connectivity index (χ1) is 8.78. The van der Waals surface area contributed by atoms with Crippen molar-refractivity contribution in [1.82, 2.24) is 20.2 Å². The van der Waals surface area contributed by atoms with Crippen LogP contribution in [0.2, 0.25) is 0 Å². The highest BCUT2D eigenvalue weighted by Crippen LogP contribution is 2.03. The highest BCUT2D eigenvalue weighted by atomic mass is 15.2. The summed E-state index contributed by atoms with van der Waals surface area (Å²) in [5, 5.41) is 15.3. The highest BCUT2D eigenvalue weighted by Gasteiger charge is 2.08. The Kier molecular flexibility index (Phi) is 4.45. The van der Waals surface area contributed by atoms with E-state index in [2.05, 4.69) is 25.5 Å². The molecule has 2 rings (SSSR count). The van der Waals surface area contributed by atoms with E-state index < -0.39 is 0 Å². The molecular formula is C12H18N6. The van der Waals surface area contributed by atoms with Crippen LogP contribution in [0.15, 0.2) is 6.07 Å². The first-order valence-corrected chi connectivity index (χ1v) is 6.20. The molecule has 18 heavy (non-hydrogen) atoms. The lowest BCUT2D eigenvalue weighted by Gasteiger charge is -2.27. The summed E-state index contributed by atoms with van der Waals surface area (Å²) in [5.74, 6) is 0.543. The number of rotatable bonds is 4. The van der Waals surface area contributed by atoms with E-state index in [9.17, 15) is 0 Å². The minimum absolute atomic E-state index is 0.409. The number of nitrogens with zero attached hydrogens (tertiary/aromatic N) is 4. The summed E-state index contributed by atoms with van der Waals surface area (Å²) in [6.45, 7) is 7.91. The number of nitrogens with one attached hydrogen (secondary N) is 2. The Balaban J connectivity index is 1.82. The molecule has 1 aromatic heterocycles. The first kappa shape index (κ1) is 12.7. The maximum atomic E-state index is 8.83. The molecule has 0 unspecified atom stereocenters. The molecule has 0 spiro atoms. The van der Waals surface area contributed by atoms with Crippen LogP contribution in [0, 0.1) is 18.3 Å². The van der Waals surface area contributed by atoms with Crippen LogP contribution < -0.4 is 10.6 Å². The fraction of sp³-hybridized carbons (Fsp3) is 0.583. The molecule has 6 heteroatoms. The number of hydrogen-bond acceptors (Lipinski definition) is 6. The van der Waals surface area contributed by atoms with Crippen molar-refractivity contribution in [3.63, 3.8) is 0 Å². The van der Waals surface area contributed by atoms with Crippen molar-refractivity contribution in [1.29, 1.82) is 5.26 Å². The number of anilines is 1.